The molecule has 0 aromatic heterocycles. The van der Waals surface area contributed by atoms with Crippen molar-refractivity contribution in [1.29, 1.82) is 0 Å². The number of nitrogens with zero attached hydrogens (tertiary/aromatic N) is 1. The number of carboxylic acids is 1. The molecule has 0 bridgehead atoms. The van der Waals surface area contributed by atoms with E-state index in [9.17, 15) is 9.59 Å². The Morgan fingerprint density at radius 3 is 2.62 bits per heavy atom. The van der Waals surface area contributed by atoms with Crippen LogP contribution in [0.15, 0.2) is 36.9 Å². The third-order valence-electron chi connectivity index (χ3n) is 3.96. The number of aliphatic carboxylic acids is 1. The lowest BCUT2D eigenvalue weighted by Gasteiger charge is -2.43. The van der Waals surface area contributed by atoms with E-state index < -0.39 is 11.4 Å². The molecule has 1 fully saturated rings. The molecule has 0 saturated heterocycles. The predicted octanol–water partition coefficient (Wildman–Crippen LogP) is 2.86. The Hall–Kier alpha value is -1.81. The molecule has 0 aliphatic heterocycles. The zero-order valence-corrected chi connectivity index (χ0v) is 12.5. The molecular formula is C16H18ClNO3. The number of benzene rings is 1. The van der Waals surface area contributed by atoms with Gasteiger partial charge in [0.2, 0.25) is 5.91 Å². The van der Waals surface area contributed by atoms with Gasteiger partial charge in [-0.1, -0.05) is 36.2 Å². The predicted molar refractivity (Wildman–Crippen MR) is 81.4 cm³/mol. The van der Waals surface area contributed by atoms with Crippen LogP contribution in [0.3, 0.4) is 0 Å². The normalized spacial score (nSPS) is 15.9. The summed E-state index contributed by atoms with van der Waals surface area (Å²) in [6.45, 7) is 3.51. The summed E-state index contributed by atoms with van der Waals surface area (Å²) in [6, 6.07) is 7.27. The topological polar surface area (TPSA) is 57.6 Å². The lowest BCUT2D eigenvalue weighted by Crippen LogP contribution is -2.52. The van der Waals surface area contributed by atoms with Crippen molar-refractivity contribution in [2.24, 2.45) is 0 Å². The van der Waals surface area contributed by atoms with Crippen LogP contribution in [0.1, 0.15) is 24.8 Å². The number of carbonyl (C=O) groups excluding carboxylic acids is 1. The van der Waals surface area contributed by atoms with Gasteiger partial charge in [0.25, 0.3) is 0 Å². The standard InChI is InChI=1S/C16H18ClNO3/c1-2-9-18(11-14(19)20)15(21)16(7-4-8-16)12-5-3-6-13(17)10-12/h2-3,5-6,10H,1,4,7-9,11H2,(H,19,20). The first-order valence-electron chi connectivity index (χ1n) is 6.88. The molecule has 0 heterocycles. The minimum atomic E-state index is -1.02. The summed E-state index contributed by atoms with van der Waals surface area (Å²) >= 11 is 6.03. The van der Waals surface area contributed by atoms with Crippen LogP contribution in [-0.2, 0) is 15.0 Å². The summed E-state index contributed by atoms with van der Waals surface area (Å²) < 4.78 is 0. The van der Waals surface area contributed by atoms with E-state index in [0.29, 0.717) is 5.02 Å². The van der Waals surface area contributed by atoms with Crippen LogP contribution in [-0.4, -0.2) is 35.0 Å². The number of carbonyl (C=O) groups is 2. The molecule has 1 saturated carbocycles. The fourth-order valence-electron chi connectivity index (χ4n) is 2.78. The Kier molecular flexibility index (Phi) is 4.68. The molecule has 0 radical (unpaired) electrons. The highest BCUT2D eigenvalue weighted by atomic mass is 35.5. The third kappa shape index (κ3) is 3.10. The molecule has 21 heavy (non-hydrogen) atoms. The number of rotatable bonds is 6. The molecule has 1 aliphatic rings. The van der Waals surface area contributed by atoms with E-state index in [1.807, 2.05) is 12.1 Å². The van der Waals surface area contributed by atoms with Crippen molar-refractivity contribution in [3.8, 4) is 0 Å². The molecule has 0 atom stereocenters. The fraction of sp³-hybridized carbons (Fsp3) is 0.375. The van der Waals surface area contributed by atoms with Crippen LogP contribution in [0.5, 0.6) is 0 Å². The van der Waals surface area contributed by atoms with Crippen LogP contribution in [0.4, 0.5) is 0 Å². The first-order chi connectivity index (χ1) is 9.99. The van der Waals surface area contributed by atoms with Crippen molar-refractivity contribution in [2.75, 3.05) is 13.1 Å². The summed E-state index contributed by atoms with van der Waals surface area (Å²) in [6.07, 6.45) is 3.94. The van der Waals surface area contributed by atoms with Crippen LogP contribution in [0, 0.1) is 0 Å². The van der Waals surface area contributed by atoms with Gasteiger partial charge in [-0.25, -0.2) is 0 Å². The average molecular weight is 308 g/mol. The van der Waals surface area contributed by atoms with Crippen LogP contribution < -0.4 is 0 Å². The number of amides is 1. The molecular weight excluding hydrogens is 290 g/mol. The molecule has 1 aliphatic carbocycles. The largest absolute Gasteiger partial charge is 0.480 e. The number of hydrogen-bond donors (Lipinski definition) is 1. The Labute approximate surface area is 129 Å². The van der Waals surface area contributed by atoms with E-state index in [4.69, 9.17) is 16.7 Å². The molecule has 0 unspecified atom stereocenters. The number of halogens is 1. The molecule has 112 valence electrons. The van der Waals surface area contributed by atoms with Crippen LogP contribution in [0.2, 0.25) is 5.02 Å². The van der Waals surface area contributed by atoms with Crippen LogP contribution in [0.25, 0.3) is 0 Å². The smallest absolute Gasteiger partial charge is 0.323 e. The first-order valence-corrected chi connectivity index (χ1v) is 7.25. The molecule has 4 nitrogen and oxygen atoms in total. The summed E-state index contributed by atoms with van der Waals surface area (Å²) in [5.41, 5.74) is 0.231. The van der Waals surface area contributed by atoms with E-state index >= 15 is 0 Å². The average Bonchev–Trinajstić information content (AvgIpc) is 2.36. The van der Waals surface area contributed by atoms with Gasteiger partial charge in [0.1, 0.15) is 6.54 Å². The van der Waals surface area contributed by atoms with Gasteiger partial charge in [0.05, 0.1) is 5.41 Å². The van der Waals surface area contributed by atoms with Crippen LogP contribution >= 0.6 is 11.6 Å². The van der Waals surface area contributed by atoms with Crippen molar-refractivity contribution in [2.45, 2.75) is 24.7 Å². The van der Waals surface area contributed by atoms with E-state index in [1.54, 1.807) is 18.2 Å². The van der Waals surface area contributed by atoms with Crippen molar-refractivity contribution in [3.63, 3.8) is 0 Å². The molecule has 1 aromatic carbocycles. The summed E-state index contributed by atoms with van der Waals surface area (Å²) in [5, 5.41) is 9.56. The zero-order valence-electron chi connectivity index (χ0n) is 11.7. The Morgan fingerprint density at radius 1 is 1.43 bits per heavy atom. The molecule has 1 aromatic rings. The van der Waals surface area contributed by atoms with Gasteiger partial charge in [-0.2, -0.15) is 0 Å². The summed E-state index contributed by atoms with van der Waals surface area (Å²) in [5.74, 6) is -1.18. The van der Waals surface area contributed by atoms with Gasteiger partial charge >= 0.3 is 5.97 Å². The summed E-state index contributed by atoms with van der Waals surface area (Å²) in [7, 11) is 0. The Morgan fingerprint density at radius 2 is 2.14 bits per heavy atom. The maximum atomic E-state index is 12.9. The lowest BCUT2D eigenvalue weighted by atomic mass is 9.63. The monoisotopic (exact) mass is 307 g/mol. The van der Waals surface area contributed by atoms with Gasteiger partial charge in [0.15, 0.2) is 0 Å². The second-order valence-electron chi connectivity index (χ2n) is 5.31. The van der Waals surface area contributed by atoms with Crippen molar-refractivity contribution >= 4 is 23.5 Å². The quantitative estimate of drug-likeness (QED) is 0.822. The first kappa shape index (κ1) is 15.6. The van der Waals surface area contributed by atoms with Gasteiger partial charge in [-0.15, -0.1) is 6.58 Å². The minimum Gasteiger partial charge on any atom is -0.480 e. The Balaban J connectivity index is 2.32. The number of carboxylic acid groups (broad SMARTS) is 1. The van der Waals surface area contributed by atoms with Crippen molar-refractivity contribution in [1.82, 2.24) is 4.90 Å². The van der Waals surface area contributed by atoms with Crippen molar-refractivity contribution < 1.29 is 14.7 Å². The lowest BCUT2D eigenvalue weighted by molar-refractivity contribution is -0.148. The van der Waals surface area contributed by atoms with Crippen molar-refractivity contribution in [3.05, 3.63) is 47.5 Å². The summed E-state index contributed by atoms with van der Waals surface area (Å²) in [4.78, 5) is 25.2. The third-order valence-corrected chi connectivity index (χ3v) is 4.19. The molecule has 1 N–H and O–H groups in total. The highest BCUT2D eigenvalue weighted by molar-refractivity contribution is 6.30. The fourth-order valence-corrected chi connectivity index (χ4v) is 2.97. The zero-order chi connectivity index (χ0) is 15.5. The highest BCUT2D eigenvalue weighted by Crippen LogP contribution is 2.45. The van der Waals surface area contributed by atoms with E-state index in [-0.39, 0.29) is 19.0 Å². The van der Waals surface area contributed by atoms with Gasteiger partial charge in [0, 0.05) is 11.6 Å². The van der Waals surface area contributed by atoms with E-state index in [0.717, 1.165) is 24.8 Å². The highest BCUT2D eigenvalue weighted by Gasteiger charge is 2.47. The molecule has 5 heteroatoms. The maximum Gasteiger partial charge on any atom is 0.323 e. The molecule has 1 amide bonds. The SMILES string of the molecule is C=CCN(CC(=O)O)C(=O)C1(c2cccc(Cl)c2)CCC1. The second kappa shape index (κ2) is 6.31. The second-order valence-corrected chi connectivity index (χ2v) is 5.75. The van der Waals surface area contributed by atoms with E-state index in [2.05, 4.69) is 6.58 Å². The van der Waals surface area contributed by atoms with E-state index in [1.165, 1.54) is 4.90 Å². The number of hydrogen-bond acceptors (Lipinski definition) is 2. The Bertz CT molecular complexity index is 566. The molecule has 0 spiro atoms. The molecule has 2 rings (SSSR count). The van der Waals surface area contributed by atoms with Gasteiger partial charge in [-0.05, 0) is 30.5 Å². The maximum absolute atomic E-state index is 12.9. The van der Waals surface area contributed by atoms with Gasteiger partial charge < -0.3 is 10.0 Å². The minimum absolute atomic E-state index is 0.154. The van der Waals surface area contributed by atoms with Gasteiger partial charge in [-0.3, -0.25) is 9.59 Å².